The molecule has 2 fully saturated rings. The number of hydrazine groups is 1. The van der Waals surface area contributed by atoms with Gasteiger partial charge >= 0.3 is 0 Å². The van der Waals surface area contributed by atoms with Crippen molar-refractivity contribution in [3.8, 4) is 11.5 Å². The summed E-state index contributed by atoms with van der Waals surface area (Å²) in [6.45, 7) is 1.59. The topological polar surface area (TPSA) is 62.8 Å². The molecule has 2 aromatic rings. The number of ether oxygens (including phenoxy) is 2. The van der Waals surface area contributed by atoms with Gasteiger partial charge in [0.1, 0.15) is 11.5 Å². The molecular weight excluding hydrogens is 366 g/mol. The van der Waals surface area contributed by atoms with Crippen LogP contribution in [0.25, 0.3) is 0 Å². The second-order valence-corrected chi connectivity index (χ2v) is 7.82. The summed E-state index contributed by atoms with van der Waals surface area (Å²) < 4.78 is 10.6. The van der Waals surface area contributed by atoms with Crippen molar-refractivity contribution in [3.05, 3.63) is 59.7 Å². The first-order chi connectivity index (χ1) is 14.2. The van der Waals surface area contributed by atoms with E-state index >= 15 is 0 Å². The van der Waals surface area contributed by atoms with Gasteiger partial charge in [-0.05, 0) is 61.1 Å². The SMILES string of the molecule is COc1cccc(C(=O)N2CCC(C3CC(c4cccc(OC)c4)NN3)CC2)c1. The molecule has 154 valence electrons. The van der Waals surface area contributed by atoms with Crippen LogP contribution in [0.5, 0.6) is 11.5 Å². The van der Waals surface area contributed by atoms with E-state index in [9.17, 15) is 4.79 Å². The Hall–Kier alpha value is -2.57. The van der Waals surface area contributed by atoms with Gasteiger partial charge < -0.3 is 14.4 Å². The summed E-state index contributed by atoms with van der Waals surface area (Å²) in [5.41, 5.74) is 8.87. The molecule has 0 bridgehead atoms. The van der Waals surface area contributed by atoms with E-state index in [1.54, 1.807) is 14.2 Å². The van der Waals surface area contributed by atoms with E-state index in [0.717, 1.165) is 43.9 Å². The van der Waals surface area contributed by atoms with Crippen LogP contribution in [0.2, 0.25) is 0 Å². The summed E-state index contributed by atoms with van der Waals surface area (Å²) in [4.78, 5) is 14.8. The third-order valence-electron chi connectivity index (χ3n) is 6.14. The van der Waals surface area contributed by atoms with Crippen LogP contribution in [0, 0.1) is 5.92 Å². The predicted octanol–water partition coefficient (Wildman–Crippen LogP) is 3.16. The Balaban J connectivity index is 1.32. The van der Waals surface area contributed by atoms with Gasteiger partial charge in [0.2, 0.25) is 0 Å². The molecule has 0 aromatic heterocycles. The van der Waals surface area contributed by atoms with E-state index < -0.39 is 0 Å². The summed E-state index contributed by atoms with van der Waals surface area (Å²) in [5, 5.41) is 0. The summed E-state index contributed by atoms with van der Waals surface area (Å²) >= 11 is 0. The summed E-state index contributed by atoms with van der Waals surface area (Å²) in [5.74, 6) is 2.26. The highest BCUT2D eigenvalue weighted by molar-refractivity contribution is 5.94. The van der Waals surface area contributed by atoms with Crippen molar-refractivity contribution in [3.63, 3.8) is 0 Å². The molecule has 2 aliphatic rings. The van der Waals surface area contributed by atoms with Crippen molar-refractivity contribution in [2.75, 3.05) is 27.3 Å². The molecule has 2 aromatic carbocycles. The first-order valence-corrected chi connectivity index (χ1v) is 10.3. The highest BCUT2D eigenvalue weighted by Gasteiger charge is 2.34. The van der Waals surface area contributed by atoms with Gasteiger partial charge in [-0.3, -0.25) is 15.6 Å². The second-order valence-electron chi connectivity index (χ2n) is 7.82. The zero-order valence-corrected chi connectivity index (χ0v) is 17.1. The number of rotatable bonds is 5. The smallest absolute Gasteiger partial charge is 0.253 e. The number of nitrogens with one attached hydrogen (secondary N) is 2. The molecule has 2 unspecified atom stereocenters. The lowest BCUT2D eigenvalue weighted by molar-refractivity contribution is 0.0672. The van der Waals surface area contributed by atoms with E-state index in [1.165, 1.54) is 5.56 Å². The van der Waals surface area contributed by atoms with Gasteiger partial charge in [0.15, 0.2) is 0 Å². The monoisotopic (exact) mass is 395 g/mol. The minimum Gasteiger partial charge on any atom is -0.497 e. The number of likely N-dealkylation sites (tertiary alicyclic amines) is 1. The van der Waals surface area contributed by atoms with Crippen LogP contribution in [-0.4, -0.2) is 44.2 Å². The summed E-state index contributed by atoms with van der Waals surface area (Å²) in [7, 11) is 3.32. The fourth-order valence-electron chi connectivity index (χ4n) is 4.41. The van der Waals surface area contributed by atoms with Crippen LogP contribution < -0.4 is 20.3 Å². The lowest BCUT2D eigenvalue weighted by Crippen LogP contribution is -2.44. The van der Waals surface area contributed by atoms with Gasteiger partial charge in [-0.1, -0.05) is 18.2 Å². The van der Waals surface area contributed by atoms with Gasteiger partial charge in [-0.25, -0.2) is 0 Å². The molecule has 6 heteroatoms. The van der Waals surface area contributed by atoms with E-state index in [-0.39, 0.29) is 11.9 Å². The van der Waals surface area contributed by atoms with Gasteiger partial charge in [0.05, 0.1) is 14.2 Å². The third kappa shape index (κ3) is 4.38. The Morgan fingerprint density at radius 1 is 0.966 bits per heavy atom. The van der Waals surface area contributed by atoms with Gasteiger partial charge in [0, 0.05) is 30.7 Å². The Labute approximate surface area is 172 Å². The molecule has 2 heterocycles. The van der Waals surface area contributed by atoms with Crippen LogP contribution in [-0.2, 0) is 0 Å². The Morgan fingerprint density at radius 3 is 2.38 bits per heavy atom. The van der Waals surface area contributed by atoms with E-state index in [1.807, 2.05) is 41.3 Å². The number of methoxy groups -OCH3 is 2. The molecule has 0 spiro atoms. The van der Waals surface area contributed by atoms with Gasteiger partial charge in [-0.2, -0.15) is 0 Å². The van der Waals surface area contributed by atoms with E-state index in [0.29, 0.717) is 17.5 Å². The molecule has 2 saturated heterocycles. The number of hydrogen-bond acceptors (Lipinski definition) is 5. The average Bonchev–Trinajstić information content (AvgIpc) is 3.29. The number of piperidine rings is 1. The summed E-state index contributed by atoms with van der Waals surface area (Å²) in [6.07, 6.45) is 3.07. The Bertz CT molecular complexity index is 849. The average molecular weight is 396 g/mol. The van der Waals surface area contributed by atoms with E-state index in [4.69, 9.17) is 9.47 Å². The van der Waals surface area contributed by atoms with Crippen molar-refractivity contribution >= 4 is 5.91 Å². The molecule has 2 aliphatic heterocycles. The summed E-state index contributed by atoms with van der Waals surface area (Å²) in [6, 6.07) is 16.3. The van der Waals surface area contributed by atoms with Crippen LogP contribution in [0.4, 0.5) is 0 Å². The predicted molar refractivity (Wildman–Crippen MR) is 112 cm³/mol. The van der Waals surface area contributed by atoms with Crippen molar-refractivity contribution in [1.29, 1.82) is 0 Å². The lowest BCUT2D eigenvalue weighted by atomic mass is 9.86. The largest absolute Gasteiger partial charge is 0.497 e. The maximum atomic E-state index is 12.8. The molecule has 0 saturated carbocycles. The van der Waals surface area contributed by atoms with Crippen LogP contribution in [0.15, 0.2) is 48.5 Å². The third-order valence-corrected chi connectivity index (χ3v) is 6.14. The highest BCUT2D eigenvalue weighted by atomic mass is 16.5. The molecule has 2 N–H and O–H groups in total. The minimum absolute atomic E-state index is 0.0918. The van der Waals surface area contributed by atoms with Crippen molar-refractivity contribution in [2.24, 2.45) is 5.92 Å². The van der Waals surface area contributed by atoms with Gasteiger partial charge in [-0.15, -0.1) is 0 Å². The minimum atomic E-state index is 0.0918. The molecule has 29 heavy (non-hydrogen) atoms. The lowest BCUT2D eigenvalue weighted by Gasteiger charge is -2.34. The number of nitrogens with zero attached hydrogens (tertiary/aromatic N) is 1. The second kappa shape index (κ2) is 8.84. The molecule has 4 rings (SSSR count). The number of hydrogen-bond donors (Lipinski definition) is 2. The number of carbonyl (C=O) groups excluding carboxylic acids is 1. The number of amides is 1. The van der Waals surface area contributed by atoms with Crippen molar-refractivity contribution < 1.29 is 14.3 Å². The molecule has 1 amide bonds. The standard InChI is InChI=1S/C23H29N3O3/c1-28-19-7-3-5-17(13-19)22-15-21(24-25-22)16-9-11-26(12-10-16)23(27)18-6-4-8-20(14-18)29-2/h3-8,13-14,16,21-22,24-25H,9-12,15H2,1-2H3. The number of carbonyl (C=O) groups is 1. The Kier molecular flexibility index (Phi) is 6.02. The quantitative estimate of drug-likeness (QED) is 0.814. The first-order valence-electron chi connectivity index (χ1n) is 10.3. The van der Waals surface area contributed by atoms with Crippen LogP contribution >= 0.6 is 0 Å². The fraction of sp³-hybridized carbons (Fsp3) is 0.435. The first kappa shape index (κ1) is 19.7. The molecule has 2 atom stereocenters. The zero-order chi connectivity index (χ0) is 20.2. The molecule has 0 radical (unpaired) electrons. The fourth-order valence-corrected chi connectivity index (χ4v) is 4.41. The van der Waals surface area contributed by atoms with E-state index in [2.05, 4.69) is 23.0 Å². The van der Waals surface area contributed by atoms with Crippen LogP contribution in [0.1, 0.15) is 41.2 Å². The highest BCUT2D eigenvalue weighted by Crippen LogP contribution is 2.32. The maximum Gasteiger partial charge on any atom is 0.253 e. The van der Waals surface area contributed by atoms with Crippen LogP contribution in [0.3, 0.4) is 0 Å². The Morgan fingerprint density at radius 2 is 1.66 bits per heavy atom. The molecular formula is C23H29N3O3. The molecule has 6 nitrogen and oxygen atoms in total. The number of benzene rings is 2. The normalized spacial score (nSPS) is 22.5. The van der Waals surface area contributed by atoms with Crippen molar-refractivity contribution in [1.82, 2.24) is 15.8 Å². The zero-order valence-electron chi connectivity index (χ0n) is 17.1. The van der Waals surface area contributed by atoms with Gasteiger partial charge in [0.25, 0.3) is 5.91 Å². The van der Waals surface area contributed by atoms with Crippen molar-refractivity contribution in [2.45, 2.75) is 31.3 Å². The molecule has 0 aliphatic carbocycles. The maximum absolute atomic E-state index is 12.8.